The maximum absolute atomic E-state index is 13.0. The number of nitrogens with zero attached hydrogens (tertiary/aromatic N) is 1. The van der Waals surface area contributed by atoms with Gasteiger partial charge in [-0.05, 0) is 73.8 Å². The van der Waals surface area contributed by atoms with Crippen LogP contribution >= 0.6 is 31.9 Å². The minimum absolute atomic E-state index is 0.0602. The largest absolute Gasteiger partial charge is 0.504 e. The maximum Gasteiger partial charge on any atom is 0.287 e. The Hall–Kier alpha value is -3.83. The first-order valence-electron chi connectivity index (χ1n) is 10.4. The Balaban J connectivity index is 1.60. The van der Waals surface area contributed by atoms with Gasteiger partial charge in [0.05, 0.1) is 18.9 Å². The van der Waals surface area contributed by atoms with E-state index in [2.05, 4.69) is 47.7 Å². The molecule has 36 heavy (non-hydrogen) atoms. The zero-order chi connectivity index (χ0) is 25.7. The number of carbonyl (C=O) groups is 2. The quantitative estimate of drug-likeness (QED) is 0.203. The summed E-state index contributed by atoms with van der Waals surface area (Å²) in [7, 11) is 1.42. The van der Waals surface area contributed by atoms with Crippen molar-refractivity contribution in [2.45, 2.75) is 0 Å². The topological polar surface area (TPSA) is 118 Å². The van der Waals surface area contributed by atoms with Crippen LogP contribution < -0.4 is 25.0 Å². The monoisotopic (exact) mass is 615 g/mol. The molecule has 0 bridgehead atoms. The summed E-state index contributed by atoms with van der Waals surface area (Å²) in [4.78, 5) is 25.8. The summed E-state index contributed by atoms with van der Waals surface area (Å²) in [6.07, 6.45) is 2.74. The number of hydrogen-bond donors (Lipinski definition) is 3. The van der Waals surface area contributed by atoms with Crippen molar-refractivity contribution in [3.63, 3.8) is 0 Å². The van der Waals surface area contributed by atoms with Crippen LogP contribution in [0.15, 0.2) is 74.3 Å². The van der Waals surface area contributed by atoms with Gasteiger partial charge >= 0.3 is 0 Å². The second-order valence-electron chi connectivity index (χ2n) is 7.33. The van der Waals surface area contributed by atoms with Gasteiger partial charge in [-0.15, -0.1) is 0 Å². The zero-order valence-electron chi connectivity index (χ0n) is 18.7. The Kier molecular flexibility index (Phi) is 7.91. The lowest BCUT2D eigenvalue weighted by molar-refractivity contribution is -0.117. The molecule has 3 N–H and O–H groups in total. The van der Waals surface area contributed by atoms with Gasteiger partial charge in [0.2, 0.25) is 6.79 Å². The first-order chi connectivity index (χ1) is 17.4. The van der Waals surface area contributed by atoms with Gasteiger partial charge in [-0.25, -0.2) is 5.43 Å². The number of nitrogens with one attached hydrogen (secondary N) is 2. The highest BCUT2D eigenvalue weighted by atomic mass is 79.9. The normalized spacial score (nSPS) is 12.5. The number of fused-ring (bicyclic) bond motifs is 1. The van der Waals surface area contributed by atoms with Crippen LogP contribution in [-0.4, -0.2) is 37.0 Å². The summed E-state index contributed by atoms with van der Waals surface area (Å²) in [5, 5.41) is 17.0. The molecule has 0 atom stereocenters. The Morgan fingerprint density at radius 1 is 1.08 bits per heavy atom. The van der Waals surface area contributed by atoms with E-state index in [-0.39, 0.29) is 29.6 Å². The van der Waals surface area contributed by atoms with E-state index >= 15 is 0 Å². The van der Waals surface area contributed by atoms with Crippen molar-refractivity contribution in [3.8, 4) is 23.0 Å². The molecule has 1 heterocycles. The molecule has 1 aliphatic heterocycles. The summed E-state index contributed by atoms with van der Waals surface area (Å²) < 4.78 is 17.0. The van der Waals surface area contributed by atoms with Gasteiger partial charge in [0.15, 0.2) is 23.0 Å². The third-order valence-electron chi connectivity index (χ3n) is 5.01. The van der Waals surface area contributed by atoms with E-state index in [4.69, 9.17) is 14.2 Å². The number of rotatable bonds is 7. The lowest BCUT2D eigenvalue weighted by Gasteiger charge is -2.11. The van der Waals surface area contributed by atoms with Crippen molar-refractivity contribution < 1.29 is 28.9 Å². The predicted molar refractivity (Wildman–Crippen MR) is 140 cm³/mol. The molecule has 0 saturated carbocycles. The molecular formula is C25H19Br2N3O6. The van der Waals surface area contributed by atoms with Crippen molar-refractivity contribution in [2.24, 2.45) is 5.10 Å². The Morgan fingerprint density at radius 3 is 2.58 bits per heavy atom. The number of halogens is 2. The highest BCUT2D eigenvalue weighted by Gasteiger charge is 2.18. The molecule has 0 aliphatic carbocycles. The standard InChI is InChI=1S/C25H19Br2N3O6/c1-34-21-11-17(26)22(27)16(23(21)31)12-28-30-25(33)18(29-24(32)15-5-3-2-4-6-15)9-14-7-8-19-20(10-14)36-13-35-19/h2-12,31H,13H2,1H3,(H,29,32)(H,30,33)/b18-9+,28-12+. The van der Waals surface area contributed by atoms with E-state index in [9.17, 15) is 14.7 Å². The molecule has 0 saturated heterocycles. The fourth-order valence-corrected chi connectivity index (χ4v) is 4.04. The van der Waals surface area contributed by atoms with Crippen molar-refractivity contribution in [2.75, 3.05) is 13.9 Å². The van der Waals surface area contributed by atoms with E-state index in [1.807, 2.05) is 0 Å². The second-order valence-corrected chi connectivity index (χ2v) is 8.97. The molecule has 0 fully saturated rings. The minimum Gasteiger partial charge on any atom is -0.504 e. The molecule has 11 heteroatoms. The molecule has 0 radical (unpaired) electrons. The lowest BCUT2D eigenvalue weighted by atomic mass is 10.1. The highest BCUT2D eigenvalue weighted by molar-refractivity contribution is 9.13. The number of phenols is 1. The molecule has 184 valence electrons. The van der Waals surface area contributed by atoms with Gasteiger partial charge < -0.3 is 24.6 Å². The van der Waals surface area contributed by atoms with Gasteiger partial charge in [-0.3, -0.25) is 9.59 Å². The zero-order valence-corrected chi connectivity index (χ0v) is 21.9. The third kappa shape index (κ3) is 5.69. The molecule has 2 amide bonds. The molecular weight excluding hydrogens is 598 g/mol. The fraction of sp³-hybridized carbons (Fsp3) is 0.0800. The number of ether oxygens (including phenoxy) is 3. The van der Waals surface area contributed by atoms with Crippen LogP contribution in [0.5, 0.6) is 23.0 Å². The predicted octanol–water partition coefficient (Wildman–Crippen LogP) is 4.58. The van der Waals surface area contributed by atoms with E-state index in [0.717, 1.165) is 0 Å². The number of methoxy groups -OCH3 is 1. The summed E-state index contributed by atoms with van der Waals surface area (Å²) in [5.74, 6) is 0.00538. The van der Waals surface area contributed by atoms with Crippen LogP contribution in [0.3, 0.4) is 0 Å². The van der Waals surface area contributed by atoms with Crippen LogP contribution in [0, 0.1) is 0 Å². The third-order valence-corrected chi connectivity index (χ3v) is 7.02. The number of benzene rings is 3. The number of carbonyl (C=O) groups excluding carboxylic acids is 2. The highest BCUT2D eigenvalue weighted by Crippen LogP contribution is 2.39. The molecule has 0 aromatic heterocycles. The average molecular weight is 617 g/mol. The van der Waals surface area contributed by atoms with Crippen molar-refractivity contribution in [1.29, 1.82) is 0 Å². The first-order valence-corrected chi connectivity index (χ1v) is 12.0. The first kappa shape index (κ1) is 25.3. The van der Waals surface area contributed by atoms with E-state index in [1.54, 1.807) is 54.6 Å². The summed E-state index contributed by atoms with van der Waals surface area (Å²) >= 11 is 6.72. The summed E-state index contributed by atoms with van der Waals surface area (Å²) in [5.41, 5.74) is 3.56. The summed E-state index contributed by atoms with van der Waals surface area (Å²) in [6, 6.07) is 15.2. The molecule has 1 aliphatic rings. The minimum atomic E-state index is -0.689. The van der Waals surface area contributed by atoms with Gasteiger partial charge in [-0.2, -0.15) is 5.10 Å². The van der Waals surface area contributed by atoms with Crippen molar-refractivity contribution >= 4 is 56.0 Å². The molecule has 0 spiro atoms. The number of aromatic hydroxyl groups is 1. The maximum atomic E-state index is 13.0. The number of phenolic OH excluding ortho intramolecular Hbond substituents is 1. The number of hydrazone groups is 1. The Morgan fingerprint density at radius 2 is 1.83 bits per heavy atom. The smallest absolute Gasteiger partial charge is 0.287 e. The van der Waals surface area contributed by atoms with Gasteiger partial charge in [-0.1, -0.05) is 24.3 Å². The van der Waals surface area contributed by atoms with Crippen LogP contribution in [-0.2, 0) is 4.79 Å². The second kappa shape index (κ2) is 11.3. The van der Waals surface area contributed by atoms with Crippen LogP contribution in [0.25, 0.3) is 6.08 Å². The Labute approximate surface area is 223 Å². The molecule has 9 nitrogen and oxygen atoms in total. The molecule has 0 unspecified atom stereocenters. The van der Waals surface area contributed by atoms with Gasteiger partial charge in [0.1, 0.15) is 5.70 Å². The van der Waals surface area contributed by atoms with E-state index < -0.39 is 11.8 Å². The Bertz CT molecular complexity index is 1380. The summed E-state index contributed by atoms with van der Waals surface area (Å²) in [6.45, 7) is 0.109. The van der Waals surface area contributed by atoms with Crippen LogP contribution in [0.1, 0.15) is 21.5 Å². The molecule has 3 aromatic rings. The number of amides is 2. The average Bonchev–Trinajstić information content (AvgIpc) is 3.36. The fourth-order valence-electron chi connectivity index (χ4n) is 3.21. The van der Waals surface area contributed by atoms with Crippen molar-refractivity contribution in [3.05, 3.63) is 85.9 Å². The molecule has 4 rings (SSSR count). The van der Waals surface area contributed by atoms with Crippen molar-refractivity contribution in [1.82, 2.24) is 10.7 Å². The van der Waals surface area contributed by atoms with E-state index in [1.165, 1.54) is 19.4 Å². The van der Waals surface area contributed by atoms with Crippen LogP contribution in [0.2, 0.25) is 0 Å². The number of hydrogen-bond acceptors (Lipinski definition) is 7. The lowest BCUT2D eigenvalue weighted by Crippen LogP contribution is -2.32. The molecule has 3 aromatic carbocycles. The van der Waals surface area contributed by atoms with Gasteiger partial charge in [0, 0.05) is 14.5 Å². The SMILES string of the molecule is COc1cc(Br)c(Br)c(/C=N/NC(=O)/C(=C\c2ccc3c(c2)OCO3)NC(=O)c2ccccc2)c1O. The van der Waals surface area contributed by atoms with E-state index in [0.29, 0.717) is 31.6 Å². The van der Waals surface area contributed by atoms with Crippen LogP contribution in [0.4, 0.5) is 0 Å². The van der Waals surface area contributed by atoms with Gasteiger partial charge in [0.25, 0.3) is 11.8 Å².